The van der Waals surface area contributed by atoms with Crippen molar-refractivity contribution in [2.75, 3.05) is 20.8 Å². The van der Waals surface area contributed by atoms with Crippen molar-refractivity contribution < 1.29 is 9.47 Å². The molecule has 1 rings (SSSR count). The first-order valence-electron chi connectivity index (χ1n) is 5.31. The molecule has 1 aliphatic carbocycles. The second-order valence-electron chi connectivity index (χ2n) is 4.16. The molecule has 2 atom stereocenters. The molecule has 0 aromatic carbocycles. The summed E-state index contributed by atoms with van der Waals surface area (Å²) in [4.78, 5) is 0. The predicted molar refractivity (Wildman–Crippen MR) is 53.9 cm³/mol. The van der Waals surface area contributed by atoms with Crippen LogP contribution in [-0.4, -0.2) is 26.9 Å². The summed E-state index contributed by atoms with van der Waals surface area (Å²) in [5, 5.41) is 0. The molecule has 2 heteroatoms. The van der Waals surface area contributed by atoms with Gasteiger partial charge in [0.1, 0.15) is 0 Å². The highest BCUT2D eigenvalue weighted by Gasteiger charge is 2.42. The molecule has 1 fully saturated rings. The molecule has 0 saturated heterocycles. The van der Waals surface area contributed by atoms with Crippen molar-refractivity contribution in [3.8, 4) is 0 Å². The number of methoxy groups -OCH3 is 2. The molecule has 0 aromatic rings. The summed E-state index contributed by atoms with van der Waals surface area (Å²) < 4.78 is 10.9. The van der Waals surface area contributed by atoms with Gasteiger partial charge in [-0.3, -0.25) is 0 Å². The molecular weight excluding hydrogens is 164 g/mol. The fraction of sp³-hybridized carbons (Fsp3) is 1.00. The summed E-state index contributed by atoms with van der Waals surface area (Å²) in [6.07, 6.45) is 6.66. The van der Waals surface area contributed by atoms with Crippen molar-refractivity contribution in [3.05, 3.63) is 0 Å². The van der Waals surface area contributed by atoms with Crippen LogP contribution >= 0.6 is 0 Å². The molecule has 0 heterocycles. The third-order valence-corrected chi connectivity index (χ3v) is 3.29. The minimum Gasteiger partial charge on any atom is -0.384 e. The molecule has 78 valence electrons. The van der Waals surface area contributed by atoms with Crippen LogP contribution in [0.1, 0.15) is 39.0 Å². The molecule has 0 N–H and O–H groups in total. The Labute approximate surface area is 81.6 Å². The largest absolute Gasteiger partial charge is 0.384 e. The van der Waals surface area contributed by atoms with E-state index in [2.05, 4.69) is 6.92 Å². The van der Waals surface area contributed by atoms with Gasteiger partial charge in [0, 0.05) is 19.6 Å². The Kier molecular flexibility index (Phi) is 4.20. The van der Waals surface area contributed by atoms with E-state index in [-0.39, 0.29) is 0 Å². The van der Waals surface area contributed by atoms with Crippen LogP contribution in [0, 0.1) is 5.41 Å². The van der Waals surface area contributed by atoms with Crippen molar-refractivity contribution in [1.82, 2.24) is 0 Å². The molecule has 2 nitrogen and oxygen atoms in total. The highest BCUT2D eigenvalue weighted by atomic mass is 16.5. The highest BCUT2D eigenvalue weighted by Crippen LogP contribution is 2.43. The lowest BCUT2D eigenvalue weighted by Gasteiger charge is -2.33. The average molecular weight is 186 g/mol. The van der Waals surface area contributed by atoms with Crippen LogP contribution in [0.15, 0.2) is 0 Å². The van der Waals surface area contributed by atoms with E-state index in [4.69, 9.17) is 9.47 Å². The van der Waals surface area contributed by atoms with Crippen molar-refractivity contribution in [2.45, 2.75) is 45.1 Å². The Balaban J connectivity index is 2.62. The zero-order valence-corrected chi connectivity index (χ0v) is 9.14. The van der Waals surface area contributed by atoms with Gasteiger partial charge in [-0.15, -0.1) is 0 Å². The van der Waals surface area contributed by atoms with Crippen LogP contribution in [-0.2, 0) is 9.47 Å². The fourth-order valence-electron chi connectivity index (χ4n) is 2.78. The van der Waals surface area contributed by atoms with Crippen LogP contribution in [0.25, 0.3) is 0 Å². The minimum absolute atomic E-state index is 0.318. The molecule has 1 aliphatic rings. The second kappa shape index (κ2) is 4.97. The van der Waals surface area contributed by atoms with Crippen molar-refractivity contribution in [3.63, 3.8) is 0 Å². The van der Waals surface area contributed by atoms with Crippen molar-refractivity contribution in [2.24, 2.45) is 5.41 Å². The van der Waals surface area contributed by atoms with E-state index in [1.54, 1.807) is 7.11 Å². The molecule has 0 aromatic heterocycles. The maximum absolute atomic E-state index is 5.55. The predicted octanol–water partition coefficient (Wildman–Crippen LogP) is 2.62. The Morgan fingerprint density at radius 2 is 2.15 bits per heavy atom. The number of hydrogen-bond acceptors (Lipinski definition) is 2. The summed E-state index contributed by atoms with van der Waals surface area (Å²) in [5.74, 6) is 0. The van der Waals surface area contributed by atoms with Gasteiger partial charge in [0.25, 0.3) is 0 Å². The smallest absolute Gasteiger partial charge is 0.0649 e. The van der Waals surface area contributed by atoms with Gasteiger partial charge in [0.2, 0.25) is 0 Å². The lowest BCUT2D eigenvalue weighted by atomic mass is 9.80. The Morgan fingerprint density at radius 1 is 1.38 bits per heavy atom. The van der Waals surface area contributed by atoms with Gasteiger partial charge in [-0.1, -0.05) is 19.8 Å². The monoisotopic (exact) mass is 186 g/mol. The Morgan fingerprint density at radius 3 is 2.69 bits per heavy atom. The third-order valence-electron chi connectivity index (χ3n) is 3.29. The van der Waals surface area contributed by atoms with Gasteiger partial charge in [0.15, 0.2) is 0 Å². The number of rotatable bonds is 5. The maximum Gasteiger partial charge on any atom is 0.0649 e. The summed E-state index contributed by atoms with van der Waals surface area (Å²) in [6.45, 7) is 3.10. The summed E-state index contributed by atoms with van der Waals surface area (Å²) in [5.41, 5.74) is 0.318. The Bertz CT molecular complexity index is 139. The van der Waals surface area contributed by atoms with Crippen LogP contribution in [0.2, 0.25) is 0 Å². The van der Waals surface area contributed by atoms with Crippen LogP contribution in [0.3, 0.4) is 0 Å². The fourth-order valence-corrected chi connectivity index (χ4v) is 2.78. The molecule has 0 radical (unpaired) electrons. The Hall–Kier alpha value is -0.0800. The van der Waals surface area contributed by atoms with E-state index in [1.165, 1.54) is 32.1 Å². The normalized spacial score (nSPS) is 33.9. The molecule has 0 amide bonds. The molecule has 0 bridgehead atoms. The van der Waals surface area contributed by atoms with E-state index < -0.39 is 0 Å². The lowest BCUT2D eigenvalue weighted by molar-refractivity contribution is -0.0398. The standard InChI is InChI=1S/C11H22O2/c1-4-7-11(9-12-2)8-5-6-10(11)13-3/h10H,4-9H2,1-3H3. The zero-order valence-electron chi connectivity index (χ0n) is 9.14. The summed E-state index contributed by atoms with van der Waals surface area (Å²) in [7, 11) is 3.62. The first-order chi connectivity index (χ1) is 6.29. The van der Waals surface area contributed by atoms with E-state index in [1.807, 2.05) is 7.11 Å². The third kappa shape index (κ3) is 2.23. The quantitative estimate of drug-likeness (QED) is 0.657. The molecule has 0 spiro atoms. The van der Waals surface area contributed by atoms with E-state index in [0.717, 1.165) is 6.61 Å². The first-order valence-corrected chi connectivity index (χ1v) is 5.31. The van der Waals surface area contributed by atoms with E-state index >= 15 is 0 Å². The molecule has 2 unspecified atom stereocenters. The first kappa shape index (κ1) is 11.0. The van der Waals surface area contributed by atoms with E-state index in [0.29, 0.717) is 11.5 Å². The maximum atomic E-state index is 5.55. The van der Waals surface area contributed by atoms with Crippen LogP contribution in [0.4, 0.5) is 0 Å². The molecule has 0 aliphatic heterocycles. The lowest BCUT2D eigenvalue weighted by Crippen LogP contribution is -2.35. The number of ether oxygens (including phenoxy) is 2. The SMILES string of the molecule is CCCC1(COC)CCCC1OC. The minimum atomic E-state index is 0.318. The topological polar surface area (TPSA) is 18.5 Å². The van der Waals surface area contributed by atoms with Gasteiger partial charge in [-0.05, 0) is 19.3 Å². The molecule has 13 heavy (non-hydrogen) atoms. The van der Waals surface area contributed by atoms with Gasteiger partial charge >= 0.3 is 0 Å². The van der Waals surface area contributed by atoms with Gasteiger partial charge in [-0.2, -0.15) is 0 Å². The van der Waals surface area contributed by atoms with Crippen LogP contribution in [0.5, 0.6) is 0 Å². The van der Waals surface area contributed by atoms with Gasteiger partial charge in [0.05, 0.1) is 12.7 Å². The number of hydrogen-bond donors (Lipinski definition) is 0. The van der Waals surface area contributed by atoms with E-state index in [9.17, 15) is 0 Å². The summed E-state index contributed by atoms with van der Waals surface area (Å²) in [6, 6.07) is 0. The second-order valence-corrected chi connectivity index (χ2v) is 4.16. The van der Waals surface area contributed by atoms with Gasteiger partial charge in [-0.25, -0.2) is 0 Å². The molecular formula is C11H22O2. The zero-order chi connectivity index (χ0) is 9.73. The molecule has 1 saturated carbocycles. The van der Waals surface area contributed by atoms with Crippen molar-refractivity contribution >= 4 is 0 Å². The van der Waals surface area contributed by atoms with Gasteiger partial charge < -0.3 is 9.47 Å². The van der Waals surface area contributed by atoms with Crippen LogP contribution < -0.4 is 0 Å². The average Bonchev–Trinajstić information content (AvgIpc) is 2.49. The van der Waals surface area contributed by atoms with Crippen molar-refractivity contribution in [1.29, 1.82) is 0 Å². The summed E-state index contributed by atoms with van der Waals surface area (Å²) >= 11 is 0. The highest BCUT2D eigenvalue weighted by molar-refractivity contribution is 4.92.